The predicted octanol–water partition coefficient (Wildman–Crippen LogP) is 3.25. The lowest BCUT2D eigenvalue weighted by molar-refractivity contribution is 0.0873. The van der Waals surface area contributed by atoms with Crippen molar-refractivity contribution in [1.82, 2.24) is 19.4 Å². The highest BCUT2D eigenvalue weighted by Gasteiger charge is 2.21. The molecular weight excluding hydrogens is 324 g/mol. The number of hydrogen-bond acceptors (Lipinski definition) is 4. The number of aliphatic hydroxyl groups is 1. The molecule has 1 fully saturated rings. The van der Waals surface area contributed by atoms with Crippen LogP contribution in [0.1, 0.15) is 24.8 Å². The van der Waals surface area contributed by atoms with E-state index in [1.807, 2.05) is 18.5 Å². The van der Waals surface area contributed by atoms with E-state index in [0.29, 0.717) is 6.04 Å². The van der Waals surface area contributed by atoms with Gasteiger partial charge in [-0.2, -0.15) is 0 Å². The second-order valence-electron chi connectivity index (χ2n) is 7.14. The number of benzene rings is 1. The molecule has 3 aromatic rings. The van der Waals surface area contributed by atoms with E-state index >= 15 is 0 Å². The molecular formula is C21H26N4O. The third kappa shape index (κ3) is 3.24. The van der Waals surface area contributed by atoms with Crippen molar-refractivity contribution >= 4 is 10.9 Å². The Labute approximate surface area is 154 Å². The highest BCUT2D eigenvalue weighted by atomic mass is 16.3. The number of fused-ring (bicyclic) bond motifs is 1. The van der Waals surface area contributed by atoms with Crippen molar-refractivity contribution in [3.05, 3.63) is 48.4 Å². The molecule has 0 saturated carbocycles. The fourth-order valence-electron chi connectivity index (χ4n) is 4.07. The van der Waals surface area contributed by atoms with Gasteiger partial charge in [0, 0.05) is 48.7 Å². The molecule has 1 saturated heterocycles. The summed E-state index contributed by atoms with van der Waals surface area (Å²) in [5, 5.41) is 10.8. The van der Waals surface area contributed by atoms with Gasteiger partial charge in [0.2, 0.25) is 0 Å². The standard InChI is InChI=1S/C21H26N4O/c1-16-7-8-19-18(6-4-9-22-19)20(16)21-23-10-12-25(21)14-13-24-11-3-2-5-17(24)15-26/h4,6-10,12,17,26H,2-3,5,11,13-15H2,1H3. The highest BCUT2D eigenvalue weighted by Crippen LogP contribution is 2.30. The number of rotatable bonds is 5. The molecule has 4 rings (SSSR count). The number of aliphatic hydroxyl groups excluding tert-OH is 1. The van der Waals surface area contributed by atoms with Gasteiger partial charge in [0.25, 0.3) is 0 Å². The molecule has 0 amide bonds. The Morgan fingerprint density at radius 1 is 1.12 bits per heavy atom. The van der Waals surface area contributed by atoms with Gasteiger partial charge in [0.05, 0.1) is 12.1 Å². The van der Waals surface area contributed by atoms with Gasteiger partial charge in [-0.1, -0.05) is 18.6 Å². The molecule has 0 spiro atoms. The van der Waals surface area contributed by atoms with E-state index in [1.54, 1.807) is 0 Å². The number of aromatic nitrogens is 3. The minimum atomic E-state index is 0.255. The molecule has 1 atom stereocenters. The van der Waals surface area contributed by atoms with E-state index < -0.39 is 0 Å². The van der Waals surface area contributed by atoms with Crippen LogP contribution >= 0.6 is 0 Å². The van der Waals surface area contributed by atoms with E-state index in [1.165, 1.54) is 18.4 Å². The fourth-order valence-corrected chi connectivity index (χ4v) is 4.07. The summed E-state index contributed by atoms with van der Waals surface area (Å²) < 4.78 is 2.23. The van der Waals surface area contributed by atoms with Gasteiger partial charge in [-0.3, -0.25) is 9.88 Å². The maximum atomic E-state index is 9.64. The summed E-state index contributed by atoms with van der Waals surface area (Å²) in [5.41, 5.74) is 3.38. The maximum absolute atomic E-state index is 9.64. The molecule has 0 aliphatic carbocycles. The average molecular weight is 350 g/mol. The van der Waals surface area contributed by atoms with Crippen LogP contribution in [0, 0.1) is 6.92 Å². The summed E-state index contributed by atoms with van der Waals surface area (Å²) in [7, 11) is 0. The van der Waals surface area contributed by atoms with Crippen molar-refractivity contribution in [3.63, 3.8) is 0 Å². The van der Waals surface area contributed by atoms with E-state index in [0.717, 1.165) is 48.3 Å². The normalized spacial score (nSPS) is 18.5. The molecule has 2 aromatic heterocycles. The van der Waals surface area contributed by atoms with E-state index in [9.17, 15) is 5.11 Å². The van der Waals surface area contributed by atoms with Crippen LogP contribution in [0.25, 0.3) is 22.3 Å². The van der Waals surface area contributed by atoms with Crippen LogP contribution in [-0.2, 0) is 6.54 Å². The van der Waals surface area contributed by atoms with Crippen molar-refractivity contribution in [2.45, 2.75) is 38.8 Å². The van der Waals surface area contributed by atoms with Gasteiger partial charge in [-0.25, -0.2) is 4.98 Å². The third-order valence-electron chi connectivity index (χ3n) is 5.52. The van der Waals surface area contributed by atoms with Crippen LogP contribution in [-0.4, -0.2) is 50.3 Å². The molecule has 0 radical (unpaired) electrons. The molecule has 1 aliphatic rings. The van der Waals surface area contributed by atoms with Crippen molar-refractivity contribution < 1.29 is 5.11 Å². The minimum Gasteiger partial charge on any atom is -0.395 e. The van der Waals surface area contributed by atoms with Crippen LogP contribution in [0.2, 0.25) is 0 Å². The zero-order valence-electron chi connectivity index (χ0n) is 15.3. The van der Waals surface area contributed by atoms with Gasteiger partial charge in [0.1, 0.15) is 5.82 Å². The second kappa shape index (κ2) is 7.56. The van der Waals surface area contributed by atoms with Crippen LogP contribution in [0.15, 0.2) is 42.9 Å². The van der Waals surface area contributed by atoms with Crippen molar-refractivity contribution in [2.24, 2.45) is 0 Å². The monoisotopic (exact) mass is 350 g/mol. The van der Waals surface area contributed by atoms with Gasteiger partial charge < -0.3 is 9.67 Å². The smallest absolute Gasteiger partial charge is 0.140 e. The zero-order valence-corrected chi connectivity index (χ0v) is 15.3. The Morgan fingerprint density at radius 3 is 2.92 bits per heavy atom. The molecule has 1 aliphatic heterocycles. The molecule has 1 aromatic carbocycles. The van der Waals surface area contributed by atoms with Gasteiger partial charge in [-0.05, 0) is 44.0 Å². The second-order valence-corrected chi connectivity index (χ2v) is 7.14. The van der Waals surface area contributed by atoms with E-state index in [2.05, 4.69) is 50.8 Å². The van der Waals surface area contributed by atoms with E-state index in [4.69, 9.17) is 0 Å². The Balaban J connectivity index is 1.63. The molecule has 1 N–H and O–H groups in total. The molecule has 1 unspecified atom stereocenters. The lowest BCUT2D eigenvalue weighted by Crippen LogP contribution is -2.43. The van der Waals surface area contributed by atoms with Crippen molar-refractivity contribution in [3.8, 4) is 11.4 Å². The lowest BCUT2D eigenvalue weighted by atomic mass is 10.0. The fraction of sp³-hybridized carbons (Fsp3) is 0.429. The number of piperidine rings is 1. The number of imidazole rings is 1. The number of pyridine rings is 1. The highest BCUT2D eigenvalue weighted by molar-refractivity contribution is 5.94. The van der Waals surface area contributed by atoms with Gasteiger partial charge in [-0.15, -0.1) is 0 Å². The minimum absolute atomic E-state index is 0.255. The topological polar surface area (TPSA) is 54.2 Å². The number of aryl methyl sites for hydroxylation is 1. The number of likely N-dealkylation sites (tertiary alicyclic amines) is 1. The molecule has 3 heterocycles. The Bertz CT molecular complexity index is 889. The molecule has 136 valence electrons. The number of nitrogens with zero attached hydrogens (tertiary/aromatic N) is 4. The van der Waals surface area contributed by atoms with Crippen LogP contribution in [0.3, 0.4) is 0 Å². The summed E-state index contributed by atoms with van der Waals surface area (Å²) >= 11 is 0. The van der Waals surface area contributed by atoms with Crippen LogP contribution < -0.4 is 0 Å². The van der Waals surface area contributed by atoms with Gasteiger partial charge >= 0.3 is 0 Å². The third-order valence-corrected chi connectivity index (χ3v) is 5.52. The molecule has 5 nitrogen and oxygen atoms in total. The predicted molar refractivity (Wildman–Crippen MR) is 104 cm³/mol. The Morgan fingerprint density at radius 2 is 2.04 bits per heavy atom. The first kappa shape index (κ1) is 17.2. The first-order valence-electron chi connectivity index (χ1n) is 9.48. The lowest BCUT2D eigenvalue weighted by Gasteiger charge is -2.34. The summed E-state index contributed by atoms with van der Waals surface area (Å²) in [4.78, 5) is 11.6. The summed E-state index contributed by atoms with van der Waals surface area (Å²) in [5.74, 6) is 0.999. The summed E-state index contributed by atoms with van der Waals surface area (Å²) in [6, 6.07) is 8.60. The van der Waals surface area contributed by atoms with Gasteiger partial charge in [0.15, 0.2) is 0 Å². The summed E-state index contributed by atoms with van der Waals surface area (Å²) in [6.07, 6.45) is 9.31. The maximum Gasteiger partial charge on any atom is 0.140 e. The van der Waals surface area contributed by atoms with Crippen LogP contribution in [0.5, 0.6) is 0 Å². The first-order chi connectivity index (χ1) is 12.8. The first-order valence-corrected chi connectivity index (χ1v) is 9.48. The quantitative estimate of drug-likeness (QED) is 0.767. The van der Waals surface area contributed by atoms with E-state index in [-0.39, 0.29) is 6.61 Å². The Kier molecular flexibility index (Phi) is 5.00. The number of hydrogen-bond donors (Lipinski definition) is 1. The zero-order chi connectivity index (χ0) is 17.9. The molecule has 0 bridgehead atoms. The molecule has 5 heteroatoms. The SMILES string of the molecule is Cc1ccc2ncccc2c1-c1nccn1CCN1CCCCC1CO. The summed E-state index contributed by atoms with van der Waals surface area (Å²) in [6.45, 7) is 5.28. The largest absolute Gasteiger partial charge is 0.395 e. The van der Waals surface area contributed by atoms with Crippen LogP contribution in [0.4, 0.5) is 0 Å². The average Bonchev–Trinajstić information content (AvgIpc) is 3.14. The van der Waals surface area contributed by atoms with Crippen molar-refractivity contribution in [2.75, 3.05) is 19.7 Å². The molecule has 26 heavy (non-hydrogen) atoms. The Hall–Kier alpha value is -2.24. The van der Waals surface area contributed by atoms with Crippen molar-refractivity contribution in [1.29, 1.82) is 0 Å².